The van der Waals surface area contributed by atoms with Gasteiger partial charge in [0.25, 0.3) is 0 Å². The molecule has 2 N–H and O–H groups in total. The molecule has 1 saturated heterocycles. The van der Waals surface area contributed by atoms with E-state index in [1.165, 1.54) is 5.56 Å². The minimum Gasteiger partial charge on any atom is -0.353 e. The molecule has 0 amide bonds. The van der Waals surface area contributed by atoms with Crippen LogP contribution in [0.1, 0.15) is 5.56 Å². The van der Waals surface area contributed by atoms with Crippen molar-refractivity contribution in [1.29, 1.82) is 0 Å². The zero-order chi connectivity index (χ0) is 14.5. The van der Waals surface area contributed by atoms with E-state index in [4.69, 9.17) is 5.73 Å². The standard InChI is InChI=1S/C15H20N6/c16-5-4-13-3-1-6-17-14(13)20-9-11-21(12-10-20)15-18-7-2-8-19-15/h1-3,6-8H,4-5,9-12,16H2. The van der Waals surface area contributed by atoms with E-state index < -0.39 is 0 Å². The molecule has 1 aliphatic heterocycles. The van der Waals surface area contributed by atoms with E-state index in [1.54, 1.807) is 12.4 Å². The molecule has 2 aromatic rings. The molecule has 110 valence electrons. The Hall–Kier alpha value is -2.21. The maximum Gasteiger partial charge on any atom is 0.225 e. The topological polar surface area (TPSA) is 71.2 Å². The van der Waals surface area contributed by atoms with Crippen LogP contribution >= 0.6 is 0 Å². The molecule has 3 heterocycles. The number of aromatic nitrogens is 3. The Labute approximate surface area is 124 Å². The Morgan fingerprint density at radius 3 is 2.29 bits per heavy atom. The van der Waals surface area contributed by atoms with Gasteiger partial charge >= 0.3 is 0 Å². The summed E-state index contributed by atoms with van der Waals surface area (Å²) >= 11 is 0. The minimum atomic E-state index is 0.649. The summed E-state index contributed by atoms with van der Waals surface area (Å²) in [6, 6.07) is 5.93. The van der Waals surface area contributed by atoms with Gasteiger partial charge in [0.1, 0.15) is 5.82 Å². The second-order valence-corrected chi connectivity index (χ2v) is 5.05. The third-order valence-electron chi connectivity index (χ3n) is 3.70. The molecule has 0 aliphatic carbocycles. The van der Waals surface area contributed by atoms with Gasteiger partial charge in [-0.2, -0.15) is 0 Å². The summed E-state index contributed by atoms with van der Waals surface area (Å²) in [5.41, 5.74) is 6.91. The predicted molar refractivity (Wildman–Crippen MR) is 83.5 cm³/mol. The van der Waals surface area contributed by atoms with E-state index in [2.05, 4.69) is 30.8 Å². The van der Waals surface area contributed by atoms with Crippen LogP contribution in [0.15, 0.2) is 36.8 Å². The highest BCUT2D eigenvalue weighted by molar-refractivity contribution is 5.48. The number of hydrogen-bond donors (Lipinski definition) is 1. The molecule has 2 aromatic heterocycles. The van der Waals surface area contributed by atoms with Gasteiger partial charge in [0.2, 0.25) is 5.95 Å². The summed E-state index contributed by atoms with van der Waals surface area (Å²) in [7, 11) is 0. The summed E-state index contributed by atoms with van der Waals surface area (Å²) in [5.74, 6) is 1.87. The van der Waals surface area contributed by atoms with Crippen molar-refractivity contribution in [2.45, 2.75) is 6.42 Å². The molecule has 0 atom stereocenters. The smallest absolute Gasteiger partial charge is 0.225 e. The summed E-state index contributed by atoms with van der Waals surface area (Å²) in [4.78, 5) is 17.7. The van der Waals surface area contributed by atoms with Crippen LogP contribution in [0.2, 0.25) is 0 Å². The Morgan fingerprint density at radius 2 is 1.57 bits per heavy atom. The first-order valence-corrected chi connectivity index (χ1v) is 7.29. The van der Waals surface area contributed by atoms with E-state index in [-0.39, 0.29) is 0 Å². The van der Waals surface area contributed by atoms with E-state index in [9.17, 15) is 0 Å². The molecule has 0 aromatic carbocycles. The van der Waals surface area contributed by atoms with Crippen LogP contribution < -0.4 is 15.5 Å². The van der Waals surface area contributed by atoms with Crippen LogP contribution in [-0.4, -0.2) is 47.7 Å². The van der Waals surface area contributed by atoms with E-state index >= 15 is 0 Å². The first kappa shape index (κ1) is 13.8. The Kier molecular flexibility index (Phi) is 4.25. The third-order valence-corrected chi connectivity index (χ3v) is 3.70. The van der Waals surface area contributed by atoms with E-state index in [1.807, 2.05) is 18.3 Å². The average Bonchev–Trinajstić information content (AvgIpc) is 2.57. The zero-order valence-electron chi connectivity index (χ0n) is 12.0. The van der Waals surface area contributed by atoms with Crippen LogP contribution in [-0.2, 0) is 6.42 Å². The fourth-order valence-corrected chi connectivity index (χ4v) is 2.64. The van der Waals surface area contributed by atoms with Gasteiger partial charge in [0.05, 0.1) is 0 Å². The second-order valence-electron chi connectivity index (χ2n) is 5.05. The summed E-state index contributed by atoms with van der Waals surface area (Å²) in [6.07, 6.45) is 6.28. The SMILES string of the molecule is NCCc1cccnc1N1CCN(c2ncccn2)CC1. The number of anilines is 2. The molecule has 0 saturated carbocycles. The van der Waals surface area contributed by atoms with Crippen molar-refractivity contribution >= 4 is 11.8 Å². The summed E-state index contributed by atoms with van der Waals surface area (Å²) < 4.78 is 0. The zero-order valence-corrected chi connectivity index (χ0v) is 12.0. The van der Waals surface area contributed by atoms with Gasteiger partial charge in [-0.05, 0) is 30.7 Å². The first-order chi connectivity index (χ1) is 10.4. The third kappa shape index (κ3) is 3.11. The fourth-order valence-electron chi connectivity index (χ4n) is 2.64. The highest BCUT2D eigenvalue weighted by Gasteiger charge is 2.21. The molecule has 1 fully saturated rings. The van der Waals surface area contributed by atoms with Gasteiger partial charge < -0.3 is 15.5 Å². The average molecular weight is 284 g/mol. The van der Waals surface area contributed by atoms with Gasteiger partial charge in [-0.3, -0.25) is 0 Å². The van der Waals surface area contributed by atoms with Crippen molar-refractivity contribution < 1.29 is 0 Å². The molecule has 0 bridgehead atoms. The molecular weight excluding hydrogens is 264 g/mol. The van der Waals surface area contributed by atoms with Crippen LogP contribution in [0, 0.1) is 0 Å². The molecule has 0 spiro atoms. The van der Waals surface area contributed by atoms with Crippen molar-refractivity contribution in [2.75, 3.05) is 42.5 Å². The lowest BCUT2D eigenvalue weighted by Gasteiger charge is -2.36. The lowest BCUT2D eigenvalue weighted by atomic mass is 10.1. The van der Waals surface area contributed by atoms with Gasteiger partial charge in [0, 0.05) is 44.8 Å². The lowest BCUT2D eigenvalue weighted by molar-refractivity contribution is 0.632. The monoisotopic (exact) mass is 284 g/mol. The molecule has 0 unspecified atom stereocenters. The highest BCUT2D eigenvalue weighted by Crippen LogP contribution is 2.20. The van der Waals surface area contributed by atoms with Crippen molar-refractivity contribution in [3.63, 3.8) is 0 Å². The number of nitrogens with two attached hydrogens (primary N) is 1. The number of nitrogens with zero attached hydrogens (tertiary/aromatic N) is 5. The van der Waals surface area contributed by atoms with Crippen molar-refractivity contribution in [3.8, 4) is 0 Å². The lowest BCUT2D eigenvalue weighted by Crippen LogP contribution is -2.47. The van der Waals surface area contributed by atoms with Crippen molar-refractivity contribution in [1.82, 2.24) is 15.0 Å². The molecule has 0 radical (unpaired) electrons. The van der Waals surface area contributed by atoms with Crippen molar-refractivity contribution in [3.05, 3.63) is 42.4 Å². The van der Waals surface area contributed by atoms with Gasteiger partial charge in [-0.25, -0.2) is 15.0 Å². The van der Waals surface area contributed by atoms with Crippen LogP contribution in [0.4, 0.5) is 11.8 Å². The maximum absolute atomic E-state index is 5.69. The van der Waals surface area contributed by atoms with Crippen LogP contribution in [0.3, 0.4) is 0 Å². The molecule has 6 heteroatoms. The Morgan fingerprint density at radius 1 is 0.905 bits per heavy atom. The normalized spacial score (nSPS) is 15.3. The number of hydrogen-bond acceptors (Lipinski definition) is 6. The number of piperazine rings is 1. The summed E-state index contributed by atoms with van der Waals surface area (Å²) in [5, 5.41) is 0. The maximum atomic E-state index is 5.69. The van der Waals surface area contributed by atoms with E-state index in [0.717, 1.165) is 44.4 Å². The quantitative estimate of drug-likeness (QED) is 0.891. The molecule has 3 rings (SSSR count). The fraction of sp³-hybridized carbons (Fsp3) is 0.400. The minimum absolute atomic E-state index is 0.649. The van der Waals surface area contributed by atoms with Crippen LogP contribution in [0.5, 0.6) is 0 Å². The Bertz CT molecular complexity index is 565. The predicted octanol–water partition coefficient (Wildman–Crippen LogP) is 0.699. The van der Waals surface area contributed by atoms with Gasteiger partial charge in [-0.1, -0.05) is 6.07 Å². The largest absolute Gasteiger partial charge is 0.353 e. The van der Waals surface area contributed by atoms with Crippen LogP contribution in [0.25, 0.3) is 0 Å². The highest BCUT2D eigenvalue weighted by atomic mass is 15.3. The van der Waals surface area contributed by atoms with E-state index in [0.29, 0.717) is 6.54 Å². The van der Waals surface area contributed by atoms with Gasteiger partial charge in [-0.15, -0.1) is 0 Å². The first-order valence-electron chi connectivity index (χ1n) is 7.29. The molecule has 6 nitrogen and oxygen atoms in total. The number of pyridine rings is 1. The summed E-state index contributed by atoms with van der Waals surface area (Å²) in [6.45, 7) is 4.31. The Balaban J connectivity index is 1.69. The molecule has 21 heavy (non-hydrogen) atoms. The second kappa shape index (κ2) is 6.49. The number of rotatable bonds is 4. The molecular formula is C15H20N6. The van der Waals surface area contributed by atoms with Gasteiger partial charge in [0.15, 0.2) is 0 Å². The van der Waals surface area contributed by atoms with Crippen molar-refractivity contribution in [2.24, 2.45) is 5.73 Å². The molecule has 1 aliphatic rings.